The molecular weight excluding hydrogens is 556 g/mol. The number of benzene rings is 4. The summed E-state index contributed by atoms with van der Waals surface area (Å²) in [5.41, 5.74) is 5.05. The first-order valence-corrected chi connectivity index (χ1v) is 14.8. The van der Waals surface area contributed by atoms with Crippen molar-refractivity contribution >= 4 is 33.5 Å². The molecule has 1 aromatic heterocycles. The molecule has 0 unspecified atom stereocenters. The minimum atomic E-state index is -3.98. The molecule has 41 heavy (non-hydrogen) atoms. The fraction of sp³-hybridized carbons (Fsp3) is 0.125. The molecule has 5 aromatic rings. The zero-order valence-corrected chi connectivity index (χ0v) is 24.2. The molecule has 0 saturated heterocycles. The zero-order valence-electron chi connectivity index (χ0n) is 22.7. The van der Waals surface area contributed by atoms with Crippen LogP contribution in [0.5, 0.6) is 0 Å². The van der Waals surface area contributed by atoms with Crippen molar-refractivity contribution in [3.8, 4) is 16.9 Å². The highest BCUT2D eigenvalue weighted by Gasteiger charge is 2.27. The summed E-state index contributed by atoms with van der Waals surface area (Å²) in [5, 5.41) is 3.46. The number of aryl methyl sites for hydroxylation is 2. The Hall–Kier alpha value is -4.24. The van der Waals surface area contributed by atoms with Gasteiger partial charge in [0.2, 0.25) is 21.9 Å². The van der Waals surface area contributed by atoms with E-state index >= 15 is 0 Å². The Kier molecular flexibility index (Phi) is 8.35. The highest BCUT2D eigenvalue weighted by atomic mass is 35.5. The molecule has 0 radical (unpaired) electrons. The molecule has 0 fully saturated rings. The highest BCUT2D eigenvalue weighted by molar-refractivity contribution is 7.89. The van der Waals surface area contributed by atoms with Crippen molar-refractivity contribution in [3.63, 3.8) is 0 Å². The Morgan fingerprint density at radius 3 is 2.10 bits per heavy atom. The molecule has 1 heterocycles. The Morgan fingerprint density at radius 2 is 1.46 bits per heavy atom. The van der Waals surface area contributed by atoms with E-state index in [1.54, 1.807) is 41.0 Å². The molecule has 4 aromatic carbocycles. The van der Waals surface area contributed by atoms with Gasteiger partial charge in [0.15, 0.2) is 0 Å². The van der Waals surface area contributed by atoms with Gasteiger partial charge in [-0.25, -0.2) is 13.4 Å². The topological polar surface area (TPSA) is 84.3 Å². The molecule has 208 valence electrons. The smallest absolute Gasteiger partial charge is 0.243 e. The molecule has 0 bridgehead atoms. The second kappa shape index (κ2) is 12.1. The van der Waals surface area contributed by atoms with Crippen molar-refractivity contribution in [1.29, 1.82) is 0 Å². The van der Waals surface area contributed by atoms with Crippen molar-refractivity contribution in [1.82, 2.24) is 13.9 Å². The third-order valence-corrected chi connectivity index (χ3v) is 8.65. The molecule has 1 N–H and O–H groups in total. The number of imidazole rings is 1. The van der Waals surface area contributed by atoms with Gasteiger partial charge < -0.3 is 0 Å². The van der Waals surface area contributed by atoms with E-state index in [-0.39, 0.29) is 17.4 Å². The molecule has 9 heteroatoms. The van der Waals surface area contributed by atoms with Crippen LogP contribution in [-0.2, 0) is 21.4 Å². The van der Waals surface area contributed by atoms with Gasteiger partial charge in [-0.2, -0.15) is 4.31 Å². The number of sulfonamides is 1. The fourth-order valence-corrected chi connectivity index (χ4v) is 5.84. The number of nitrogens with zero attached hydrogens (tertiary/aromatic N) is 3. The second-order valence-corrected chi connectivity index (χ2v) is 12.2. The summed E-state index contributed by atoms with van der Waals surface area (Å²) >= 11 is 6.07. The minimum Gasteiger partial charge on any atom is -0.294 e. The molecular formula is C32H29ClN4O3S. The summed E-state index contributed by atoms with van der Waals surface area (Å²) in [5.74, 6) is -0.241. The Labute approximate surface area is 245 Å². The predicted molar refractivity (Wildman–Crippen MR) is 163 cm³/mol. The number of hydrogen-bond acceptors (Lipinski definition) is 4. The first-order chi connectivity index (χ1) is 19.7. The zero-order chi connectivity index (χ0) is 29.0. The lowest BCUT2D eigenvalue weighted by Crippen LogP contribution is -2.38. The number of aromatic nitrogens is 2. The van der Waals surface area contributed by atoms with Gasteiger partial charge in [-0.3, -0.25) is 14.7 Å². The van der Waals surface area contributed by atoms with Crippen LogP contribution in [0.4, 0.5) is 5.95 Å². The summed E-state index contributed by atoms with van der Waals surface area (Å²) in [6, 6.07) is 30.9. The molecule has 1 amide bonds. The van der Waals surface area contributed by atoms with Gasteiger partial charge in [-0.15, -0.1) is 0 Å². The number of anilines is 1. The maximum absolute atomic E-state index is 13.7. The highest BCUT2D eigenvalue weighted by Crippen LogP contribution is 2.26. The molecule has 0 atom stereocenters. The van der Waals surface area contributed by atoms with Gasteiger partial charge in [0.05, 0.1) is 17.1 Å². The van der Waals surface area contributed by atoms with E-state index in [0.29, 0.717) is 10.7 Å². The molecule has 0 aliphatic carbocycles. The molecule has 0 aliphatic heterocycles. The summed E-state index contributed by atoms with van der Waals surface area (Å²) in [6.07, 6.45) is 1.83. The summed E-state index contributed by atoms with van der Waals surface area (Å²) < 4.78 is 30.3. The third-order valence-electron chi connectivity index (χ3n) is 6.59. The monoisotopic (exact) mass is 584 g/mol. The van der Waals surface area contributed by atoms with Crippen molar-refractivity contribution < 1.29 is 13.2 Å². The summed E-state index contributed by atoms with van der Waals surface area (Å²) in [6.45, 7) is 3.52. The van der Waals surface area contributed by atoms with Crippen molar-refractivity contribution in [2.75, 3.05) is 11.9 Å². The van der Waals surface area contributed by atoms with Crippen LogP contribution in [0.2, 0.25) is 5.02 Å². The molecule has 0 aliphatic rings. The van der Waals surface area contributed by atoms with Gasteiger partial charge in [-0.1, -0.05) is 89.5 Å². The van der Waals surface area contributed by atoms with Crippen molar-refractivity contribution in [2.24, 2.45) is 0 Å². The lowest BCUT2D eigenvalue weighted by Gasteiger charge is -2.22. The van der Waals surface area contributed by atoms with Crippen LogP contribution in [0.1, 0.15) is 16.7 Å². The maximum Gasteiger partial charge on any atom is 0.243 e. The first kappa shape index (κ1) is 28.3. The predicted octanol–water partition coefficient (Wildman–Crippen LogP) is 6.64. The van der Waals surface area contributed by atoms with Gasteiger partial charge in [0.1, 0.15) is 0 Å². The normalized spacial score (nSPS) is 11.5. The Morgan fingerprint density at radius 1 is 0.854 bits per heavy atom. The Balaban J connectivity index is 1.47. The molecule has 5 rings (SSSR count). The first-order valence-electron chi connectivity index (χ1n) is 13.0. The van der Waals surface area contributed by atoms with Crippen LogP contribution < -0.4 is 5.32 Å². The average molecular weight is 585 g/mol. The summed E-state index contributed by atoms with van der Waals surface area (Å²) in [7, 11) is -3.98. The molecule has 0 spiro atoms. The number of carbonyl (C=O) groups excluding carboxylic acids is 1. The lowest BCUT2D eigenvalue weighted by atomic mass is 10.2. The van der Waals surface area contributed by atoms with E-state index in [1.165, 1.54) is 4.31 Å². The van der Waals surface area contributed by atoms with Crippen LogP contribution >= 0.6 is 11.6 Å². The average Bonchev–Trinajstić information content (AvgIpc) is 3.37. The van der Waals surface area contributed by atoms with Crippen LogP contribution in [0, 0.1) is 13.8 Å². The number of amides is 1. The summed E-state index contributed by atoms with van der Waals surface area (Å²) in [4.78, 5) is 18.3. The number of hydrogen-bond donors (Lipinski definition) is 1. The van der Waals surface area contributed by atoms with E-state index in [9.17, 15) is 13.2 Å². The molecule has 7 nitrogen and oxygen atoms in total. The van der Waals surface area contributed by atoms with Gasteiger partial charge in [0, 0.05) is 29.0 Å². The van der Waals surface area contributed by atoms with Gasteiger partial charge in [-0.05, 0) is 55.8 Å². The standard InChI is InChI=1S/C32H29ClN4O3S/c1-23-8-16-28(17-9-23)37-21-30(26-12-14-27(33)15-13-26)34-32(37)35-31(38)22-36(20-25-6-4-3-5-7-25)41(39,40)29-18-10-24(2)11-19-29/h3-19,21H,20,22H2,1-2H3,(H,34,35,38). The number of carbonyl (C=O) groups is 1. The number of nitrogens with one attached hydrogen (secondary N) is 1. The largest absolute Gasteiger partial charge is 0.294 e. The molecule has 0 saturated carbocycles. The maximum atomic E-state index is 13.7. The Bertz CT molecular complexity index is 1750. The van der Waals surface area contributed by atoms with Crippen molar-refractivity contribution in [3.05, 3.63) is 131 Å². The lowest BCUT2D eigenvalue weighted by molar-refractivity contribution is -0.116. The van der Waals surface area contributed by atoms with E-state index in [1.807, 2.05) is 86.8 Å². The van der Waals surface area contributed by atoms with Crippen LogP contribution in [0.15, 0.2) is 114 Å². The van der Waals surface area contributed by atoms with E-state index in [0.717, 1.165) is 27.9 Å². The SMILES string of the molecule is Cc1ccc(-n2cc(-c3ccc(Cl)cc3)nc2NC(=O)CN(Cc2ccccc2)S(=O)(=O)c2ccc(C)cc2)cc1. The van der Waals surface area contributed by atoms with Crippen LogP contribution in [0.3, 0.4) is 0 Å². The van der Waals surface area contributed by atoms with Crippen LogP contribution in [0.25, 0.3) is 16.9 Å². The van der Waals surface area contributed by atoms with Crippen molar-refractivity contribution in [2.45, 2.75) is 25.3 Å². The number of rotatable bonds is 9. The van der Waals surface area contributed by atoms with E-state index < -0.39 is 22.5 Å². The minimum absolute atomic E-state index is 0.0346. The van der Waals surface area contributed by atoms with Gasteiger partial charge >= 0.3 is 0 Å². The fourth-order valence-electron chi connectivity index (χ4n) is 4.33. The third kappa shape index (κ3) is 6.74. The quantitative estimate of drug-likeness (QED) is 0.210. The second-order valence-electron chi connectivity index (χ2n) is 9.78. The van der Waals surface area contributed by atoms with Crippen LogP contribution in [-0.4, -0.2) is 34.7 Å². The van der Waals surface area contributed by atoms with Gasteiger partial charge in [0.25, 0.3) is 0 Å². The van der Waals surface area contributed by atoms with E-state index in [4.69, 9.17) is 16.6 Å². The number of halogens is 1. The van der Waals surface area contributed by atoms with E-state index in [2.05, 4.69) is 5.32 Å².